The topological polar surface area (TPSA) is 95.4 Å². The molecule has 0 saturated carbocycles. The fourth-order valence-electron chi connectivity index (χ4n) is 2.82. The molecule has 8 heteroatoms. The monoisotopic (exact) mass is 335 g/mol. The zero-order chi connectivity index (χ0) is 16.6. The van der Waals surface area contributed by atoms with Crippen molar-refractivity contribution >= 4 is 34.7 Å². The molecule has 3 rings (SSSR count). The second-order valence-electron chi connectivity index (χ2n) is 5.55. The fraction of sp³-hybridized carbons (Fsp3) is 0.400. The molecule has 1 aromatic heterocycles. The van der Waals surface area contributed by atoms with E-state index in [0.717, 1.165) is 5.75 Å². The minimum atomic E-state index is -0.904. The van der Waals surface area contributed by atoms with E-state index < -0.39 is 5.97 Å². The summed E-state index contributed by atoms with van der Waals surface area (Å²) in [6.45, 7) is 0.533. The van der Waals surface area contributed by atoms with Crippen LogP contribution in [0.1, 0.15) is 16.8 Å². The molecule has 122 valence electrons. The molecular weight excluding hydrogens is 318 g/mol. The molecule has 2 aromatic rings. The van der Waals surface area contributed by atoms with Crippen molar-refractivity contribution in [1.82, 2.24) is 14.5 Å². The number of hydrogen-bond acceptors (Lipinski definition) is 4. The van der Waals surface area contributed by atoms with Crippen molar-refractivity contribution in [3.63, 3.8) is 0 Å². The molecule has 2 heterocycles. The molecule has 23 heavy (non-hydrogen) atoms. The number of fused-ring (bicyclic) bond motifs is 1. The number of rotatable bonds is 3. The number of nitrogens with zero attached hydrogens (tertiary/aromatic N) is 2. The van der Waals surface area contributed by atoms with Crippen LogP contribution in [0.3, 0.4) is 0 Å². The van der Waals surface area contributed by atoms with Gasteiger partial charge in [-0.05, 0) is 18.2 Å². The van der Waals surface area contributed by atoms with Crippen LogP contribution in [-0.2, 0) is 11.8 Å². The normalized spacial score (nSPS) is 18.3. The Bertz CT molecular complexity index is 826. The molecule has 1 aliphatic heterocycles. The van der Waals surface area contributed by atoms with E-state index in [4.69, 9.17) is 5.11 Å². The molecule has 1 aliphatic rings. The summed E-state index contributed by atoms with van der Waals surface area (Å²) in [5.74, 6) is 0.334. The number of aryl methyl sites for hydroxylation is 1. The lowest BCUT2D eigenvalue weighted by Gasteiger charge is -2.34. The number of aromatic nitrogens is 2. The number of aromatic amines is 1. The summed E-state index contributed by atoms with van der Waals surface area (Å²) >= 11 is 1.66. The van der Waals surface area contributed by atoms with Crippen molar-refractivity contribution in [2.24, 2.45) is 7.05 Å². The Hall–Kier alpha value is -2.22. The second kappa shape index (κ2) is 6.11. The lowest BCUT2D eigenvalue weighted by Crippen LogP contribution is -2.47. The summed E-state index contributed by atoms with van der Waals surface area (Å²) in [6, 6.07) is 4.74. The summed E-state index contributed by atoms with van der Waals surface area (Å²) in [6.07, 6.45) is -0.0520. The first kappa shape index (κ1) is 15.7. The molecule has 7 nitrogen and oxygen atoms in total. The van der Waals surface area contributed by atoms with E-state index >= 15 is 0 Å². The first-order chi connectivity index (χ1) is 11.0. The number of nitrogens with one attached hydrogen (secondary N) is 1. The lowest BCUT2D eigenvalue weighted by molar-refractivity contribution is -0.138. The van der Waals surface area contributed by atoms with Crippen LogP contribution in [-0.4, -0.2) is 55.5 Å². The van der Waals surface area contributed by atoms with E-state index in [9.17, 15) is 14.4 Å². The molecule has 0 bridgehead atoms. The molecule has 1 atom stereocenters. The number of benzene rings is 1. The highest BCUT2D eigenvalue weighted by atomic mass is 32.2. The zero-order valence-corrected chi connectivity index (χ0v) is 13.4. The molecule has 1 aromatic carbocycles. The van der Waals surface area contributed by atoms with Gasteiger partial charge >= 0.3 is 11.7 Å². The van der Waals surface area contributed by atoms with Crippen LogP contribution in [0.5, 0.6) is 0 Å². The van der Waals surface area contributed by atoms with Crippen LogP contribution in [0.4, 0.5) is 0 Å². The number of carbonyl (C=O) groups excluding carboxylic acids is 1. The SMILES string of the molecule is Cn1c(=O)[nH]c2ccc(C(=O)N3CCSCC3CC(=O)O)cc21. The first-order valence-electron chi connectivity index (χ1n) is 7.26. The summed E-state index contributed by atoms with van der Waals surface area (Å²) in [7, 11) is 1.64. The van der Waals surface area contributed by atoms with Gasteiger partial charge < -0.3 is 15.0 Å². The molecule has 1 fully saturated rings. The molecule has 2 N–H and O–H groups in total. The van der Waals surface area contributed by atoms with Crippen molar-refractivity contribution in [2.45, 2.75) is 12.5 Å². The molecule has 0 spiro atoms. The van der Waals surface area contributed by atoms with Crippen LogP contribution >= 0.6 is 11.8 Å². The number of hydrogen-bond donors (Lipinski definition) is 2. The number of aliphatic carboxylic acids is 1. The van der Waals surface area contributed by atoms with Gasteiger partial charge in [-0.15, -0.1) is 0 Å². The van der Waals surface area contributed by atoms with Gasteiger partial charge in [-0.2, -0.15) is 11.8 Å². The Morgan fingerprint density at radius 3 is 2.96 bits per heavy atom. The maximum Gasteiger partial charge on any atom is 0.326 e. The number of amides is 1. The Morgan fingerprint density at radius 2 is 2.22 bits per heavy atom. The predicted octanol–water partition coefficient (Wildman–Crippen LogP) is 0.899. The number of H-pyrrole nitrogens is 1. The van der Waals surface area contributed by atoms with E-state index in [1.165, 1.54) is 4.57 Å². The van der Waals surface area contributed by atoms with Gasteiger partial charge in [0.05, 0.1) is 23.5 Å². The summed E-state index contributed by atoms with van der Waals surface area (Å²) in [5.41, 5.74) is 1.56. The number of carbonyl (C=O) groups is 2. The summed E-state index contributed by atoms with van der Waals surface area (Å²) in [4.78, 5) is 39.8. The maximum absolute atomic E-state index is 12.8. The van der Waals surface area contributed by atoms with Crippen molar-refractivity contribution in [3.8, 4) is 0 Å². The zero-order valence-electron chi connectivity index (χ0n) is 12.6. The van der Waals surface area contributed by atoms with E-state index in [1.807, 2.05) is 0 Å². The Morgan fingerprint density at radius 1 is 1.43 bits per heavy atom. The second-order valence-corrected chi connectivity index (χ2v) is 6.70. The van der Waals surface area contributed by atoms with E-state index in [-0.39, 0.29) is 24.1 Å². The first-order valence-corrected chi connectivity index (χ1v) is 8.42. The van der Waals surface area contributed by atoms with Crippen LogP contribution in [0.15, 0.2) is 23.0 Å². The van der Waals surface area contributed by atoms with Gasteiger partial charge in [0.25, 0.3) is 5.91 Å². The van der Waals surface area contributed by atoms with Crippen molar-refractivity contribution in [3.05, 3.63) is 34.2 Å². The third kappa shape index (κ3) is 2.98. The minimum Gasteiger partial charge on any atom is -0.481 e. The summed E-state index contributed by atoms with van der Waals surface area (Å²) in [5, 5.41) is 9.03. The fourth-order valence-corrected chi connectivity index (χ4v) is 3.88. The molecule has 1 amide bonds. The molecule has 0 aliphatic carbocycles. The highest BCUT2D eigenvalue weighted by Gasteiger charge is 2.29. The third-order valence-electron chi connectivity index (χ3n) is 4.05. The number of thioether (sulfide) groups is 1. The minimum absolute atomic E-state index is 0.0520. The quantitative estimate of drug-likeness (QED) is 0.869. The van der Waals surface area contributed by atoms with Gasteiger partial charge in [0, 0.05) is 30.7 Å². The molecule has 1 unspecified atom stereocenters. The standard InChI is InChI=1S/C15H17N3O4S/c1-17-12-6-9(2-3-11(12)16-15(17)22)14(21)18-4-5-23-8-10(18)7-13(19)20/h2-3,6,10H,4-5,7-8H2,1H3,(H,16,22)(H,19,20). The van der Waals surface area contributed by atoms with Gasteiger partial charge in [0.15, 0.2) is 0 Å². The highest BCUT2D eigenvalue weighted by Crippen LogP contribution is 2.22. The van der Waals surface area contributed by atoms with E-state index in [2.05, 4.69) is 4.98 Å². The van der Waals surface area contributed by atoms with Crippen LogP contribution in [0.2, 0.25) is 0 Å². The number of imidazole rings is 1. The van der Waals surface area contributed by atoms with Crippen molar-refractivity contribution in [2.75, 3.05) is 18.1 Å². The predicted molar refractivity (Wildman–Crippen MR) is 87.9 cm³/mol. The Labute approximate surface area is 136 Å². The van der Waals surface area contributed by atoms with Crippen molar-refractivity contribution < 1.29 is 14.7 Å². The van der Waals surface area contributed by atoms with E-state index in [0.29, 0.717) is 28.9 Å². The maximum atomic E-state index is 12.8. The van der Waals surface area contributed by atoms with Gasteiger partial charge in [-0.1, -0.05) is 0 Å². The van der Waals surface area contributed by atoms with Gasteiger partial charge in [-0.25, -0.2) is 4.79 Å². The number of carboxylic acid groups (broad SMARTS) is 1. The van der Waals surface area contributed by atoms with Crippen LogP contribution < -0.4 is 5.69 Å². The van der Waals surface area contributed by atoms with Gasteiger partial charge in [-0.3, -0.25) is 14.2 Å². The Kier molecular flexibility index (Phi) is 4.16. The molecule has 1 saturated heterocycles. The molecular formula is C15H17N3O4S. The average Bonchev–Trinajstić information content (AvgIpc) is 2.81. The largest absolute Gasteiger partial charge is 0.481 e. The summed E-state index contributed by atoms with van der Waals surface area (Å²) < 4.78 is 1.45. The van der Waals surface area contributed by atoms with Crippen LogP contribution in [0, 0.1) is 0 Å². The van der Waals surface area contributed by atoms with Crippen molar-refractivity contribution in [1.29, 1.82) is 0 Å². The van der Waals surface area contributed by atoms with Gasteiger partial charge in [0.1, 0.15) is 0 Å². The smallest absolute Gasteiger partial charge is 0.326 e. The van der Waals surface area contributed by atoms with Crippen LogP contribution in [0.25, 0.3) is 11.0 Å². The number of carboxylic acids is 1. The lowest BCUT2D eigenvalue weighted by atomic mass is 10.1. The average molecular weight is 335 g/mol. The Balaban J connectivity index is 1.93. The van der Waals surface area contributed by atoms with E-state index in [1.54, 1.807) is 41.9 Å². The highest BCUT2D eigenvalue weighted by molar-refractivity contribution is 7.99. The third-order valence-corrected chi connectivity index (χ3v) is 5.14. The molecule has 0 radical (unpaired) electrons. The van der Waals surface area contributed by atoms with Gasteiger partial charge in [0.2, 0.25) is 0 Å².